The first kappa shape index (κ1) is 18.2. The Labute approximate surface area is 158 Å². The highest BCUT2D eigenvalue weighted by Crippen LogP contribution is 2.24. The first-order valence-corrected chi connectivity index (χ1v) is 9.30. The molecule has 1 amide bonds. The number of halogens is 2. The minimum Gasteiger partial charge on any atom is -0.326 e. The zero-order valence-corrected chi connectivity index (χ0v) is 15.8. The number of benzene rings is 2. The van der Waals surface area contributed by atoms with Crippen LogP contribution in [0.5, 0.6) is 0 Å². The summed E-state index contributed by atoms with van der Waals surface area (Å²) in [6.45, 7) is 4.73. The van der Waals surface area contributed by atoms with Crippen molar-refractivity contribution in [1.29, 1.82) is 0 Å². The van der Waals surface area contributed by atoms with Crippen LogP contribution in [0.25, 0.3) is 0 Å². The third kappa shape index (κ3) is 4.97. The molecule has 2 aromatic carbocycles. The van der Waals surface area contributed by atoms with Crippen molar-refractivity contribution in [3.05, 3.63) is 63.6 Å². The van der Waals surface area contributed by atoms with E-state index in [1.807, 2.05) is 37.3 Å². The highest BCUT2D eigenvalue weighted by molar-refractivity contribution is 6.31. The maximum atomic E-state index is 12.5. The number of carbonyl (C=O) groups is 1. The number of rotatable bonds is 4. The molecule has 1 aliphatic heterocycles. The van der Waals surface area contributed by atoms with E-state index in [1.54, 1.807) is 0 Å². The molecule has 5 heteroatoms. The smallest absolute Gasteiger partial charge is 0.227 e. The zero-order valence-electron chi connectivity index (χ0n) is 14.3. The summed E-state index contributed by atoms with van der Waals surface area (Å²) in [7, 11) is 0. The van der Waals surface area contributed by atoms with Gasteiger partial charge in [0.1, 0.15) is 0 Å². The molecule has 0 radical (unpaired) electrons. The second-order valence-corrected chi connectivity index (χ2v) is 7.50. The van der Waals surface area contributed by atoms with E-state index < -0.39 is 0 Å². The number of nitrogens with zero attached hydrogens (tertiary/aromatic N) is 1. The number of hydrogen-bond acceptors (Lipinski definition) is 2. The number of aryl methyl sites for hydroxylation is 1. The predicted molar refractivity (Wildman–Crippen MR) is 104 cm³/mol. The van der Waals surface area contributed by atoms with Gasteiger partial charge in [0.05, 0.1) is 0 Å². The van der Waals surface area contributed by atoms with E-state index in [2.05, 4.69) is 22.3 Å². The highest BCUT2D eigenvalue weighted by atomic mass is 35.5. The Balaban J connectivity index is 1.52. The summed E-state index contributed by atoms with van der Waals surface area (Å²) >= 11 is 12.0. The topological polar surface area (TPSA) is 32.3 Å². The lowest BCUT2D eigenvalue weighted by Crippen LogP contribution is -2.37. The Morgan fingerprint density at radius 3 is 2.40 bits per heavy atom. The van der Waals surface area contributed by atoms with Crippen LogP contribution in [-0.2, 0) is 11.3 Å². The predicted octanol–water partition coefficient (Wildman–Crippen LogP) is 5.15. The molecule has 25 heavy (non-hydrogen) atoms. The average Bonchev–Trinajstić information content (AvgIpc) is 2.61. The number of amides is 1. The number of nitrogens with one attached hydrogen (secondary N) is 1. The van der Waals surface area contributed by atoms with Crippen LogP contribution >= 0.6 is 23.2 Å². The van der Waals surface area contributed by atoms with Crippen molar-refractivity contribution in [2.75, 3.05) is 18.4 Å². The maximum Gasteiger partial charge on any atom is 0.227 e. The van der Waals surface area contributed by atoms with E-state index in [-0.39, 0.29) is 11.8 Å². The quantitative estimate of drug-likeness (QED) is 0.799. The molecule has 0 saturated carbocycles. The van der Waals surface area contributed by atoms with Gasteiger partial charge in [0.15, 0.2) is 0 Å². The highest BCUT2D eigenvalue weighted by Gasteiger charge is 2.25. The van der Waals surface area contributed by atoms with E-state index in [0.29, 0.717) is 5.02 Å². The van der Waals surface area contributed by atoms with Crippen LogP contribution in [0.2, 0.25) is 10.0 Å². The van der Waals surface area contributed by atoms with E-state index in [1.165, 1.54) is 5.56 Å². The molecule has 0 aromatic heterocycles. The molecule has 1 N–H and O–H groups in total. The molecule has 3 nitrogen and oxygen atoms in total. The van der Waals surface area contributed by atoms with E-state index in [0.717, 1.165) is 48.7 Å². The normalized spacial score (nSPS) is 16.0. The zero-order chi connectivity index (χ0) is 17.8. The molecule has 0 bridgehead atoms. The molecule has 0 atom stereocenters. The van der Waals surface area contributed by atoms with Crippen LogP contribution in [-0.4, -0.2) is 23.9 Å². The Morgan fingerprint density at radius 1 is 1.08 bits per heavy atom. The summed E-state index contributed by atoms with van der Waals surface area (Å²) in [6, 6.07) is 13.5. The molecule has 0 unspecified atom stereocenters. The monoisotopic (exact) mass is 376 g/mol. The molecule has 3 rings (SSSR count). The van der Waals surface area contributed by atoms with Crippen molar-refractivity contribution in [3.63, 3.8) is 0 Å². The molecule has 1 aliphatic rings. The van der Waals surface area contributed by atoms with Gasteiger partial charge in [-0.15, -0.1) is 0 Å². The molecule has 1 fully saturated rings. The van der Waals surface area contributed by atoms with Gasteiger partial charge < -0.3 is 5.32 Å². The fourth-order valence-electron chi connectivity index (χ4n) is 3.16. The summed E-state index contributed by atoms with van der Waals surface area (Å²) in [5.41, 5.74) is 3.08. The van der Waals surface area contributed by atoms with Crippen molar-refractivity contribution >= 4 is 34.8 Å². The lowest BCUT2D eigenvalue weighted by atomic mass is 9.95. The van der Waals surface area contributed by atoms with Crippen LogP contribution in [0.1, 0.15) is 24.0 Å². The number of piperidine rings is 1. The molecule has 0 aliphatic carbocycles. The summed E-state index contributed by atoms with van der Waals surface area (Å²) in [6.07, 6.45) is 1.75. The fraction of sp³-hybridized carbons (Fsp3) is 0.350. The van der Waals surface area contributed by atoms with Crippen LogP contribution in [0.4, 0.5) is 5.69 Å². The Kier molecular flexibility index (Phi) is 6.00. The third-order valence-electron chi connectivity index (χ3n) is 4.74. The van der Waals surface area contributed by atoms with Crippen molar-refractivity contribution < 1.29 is 4.79 Å². The van der Waals surface area contributed by atoms with Gasteiger partial charge in [-0.2, -0.15) is 0 Å². The molecule has 1 saturated heterocycles. The van der Waals surface area contributed by atoms with Gasteiger partial charge in [-0.05, 0) is 68.2 Å². The minimum atomic E-state index is 0.0554. The van der Waals surface area contributed by atoms with Gasteiger partial charge >= 0.3 is 0 Å². The molecule has 1 heterocycles. The summed E-state index contributed by atoms with van der Waals surface area (Å²) < 4.78 is 0. The van der Waals surface area contributed by atoms with Crippen LogP contribution in [0.15, 0.2) is 42.5 Å². The van der Waals surface area contributed by atoms with Gasteiger partial charge in [0, 0.05) is 28.2 Å². The SMILES string of the molecule is Cc1ccc(Cl)cc1NC(=O)C1CCN(Cc2ccc(Cl)cc2)CC1. The van der Waals surface area contributed by atoms with Crippen molar-refractivity contribution in [1.82, 2.24) is 4.90 Å². The molecular weight excluding hydrogens is 355 g/mol. The van der Waals surface area contributed by atoms with Crippen molar-refractivity contribution in [2.24, 2.45) is 5.92 Å². The van der Waals surface area contributed by atoms with Gasteiger partial charge in [0.2, 0.25) is 5.91 Å². The standard InChI is InChI=1S/C20H22Cl2N2O/c1-14-2-5-18(22)12-19(14)23-20(25)16-8-10-24(11-9-16)13-15-3-6-17(21)7-4-15/h2-7,12,16H,8-11,13H2,1H3,(H,23,25). The lowest BCUT2D eigenvalue weighted by Gasteiger charge is -2.31. The van der Waals surface area contributed by atoms with E-state index >= 15 is 0 Å². The first-order valence-electron chi connectivity index (χ1n) is 8.55. The van der Waals surface area contributed by atoms with Crippen molar-refractivity contribution in [2.45, 2.75) is 26.3 Å². The van der Waals surface area contributed by atoms with E-state index in [4.69, 9.17) is 23.2 Å². The second-order valence-electron chi connectivity index (χ2n) is 6.63. The summed E-state index contributed by atoms with van der Waals surface area (Å²) in [5, 5.41) is 4.43. The van der Waals surface area contributed by atoms with Gasteiger partial charge in [-0.25, -0.2) is 0 Å². The fourth-order valence-corrected chi connectivity index (χ4v) is 3.46. The Morgan fingerprint density at radius 2 is 1.72 bits per heavy atom. The molecule has 2 aromatic rings. The van der Waals surface area contributed by atoms with E-state index in [9.17, 15) is 4.79 Å². The van der Waals surface area contributed by atoms with Gasteiger partial charge in [-0.3, -0.25) is 9.69 Å². The second kappa shape index (κ2) is 8.22. The van der Waals surface area contributed by atoms with Crippen molar-refractivity contribution in [3.8, 4) is 0 Å². The summed E-state index contributed by atoms with van der Waals surface area (Å²) in [4.78, 5) is 14.9. The minimum absolute atomic E-state index is 0.0554. The van der Waals surface area contributed by atoms with Crippen LogP contribution in [0.3, 0.4) is 0 Å². The largest absolute Gasteiger partial charge is 0.326 e. The van der Waals surface area contributed by atoms with Gasteiger partial charge in [0.25, 0.3) is 0 Å². The van der Waals surface area contributed by atoms with Crippen LogP contribution in [0, 0.1) is 12.8 Å². The number of likely N-dealkylation sites (tertiary alicyclic amines) is 1. The average molecular weight is 377 g/mol. The molecular formula is C20H22Cl2N2O. The maximum absolute atomic E-state index is 12.5. The van der Waals surface area contributed by atoms with Gasteiger partial charge in [-0.1, -0.05) is 41.4 Å². The number of carbonyl (C=O) groups excluding carboxylic acids is 1. The summed E-state index contributed by atoms with van der Waals surface area (Å²) in [5.74, 6) is 0.149. The number of hydrogen-bond donors (Lipinski definition) is 1. The number of anilines is 1. The Hall–Kier alpha value is -1.55. The molecule has 132 valence electrons. The first-order chi connectivity index (χ1) is 12.0. The van der Waals surface area contributed by atoms with Crippen LogP contribution < -0.4 is 5.32 Å². The Bertz CT molecular complexity index is 738. The lowest BCUT2D eigenvalue weighted by molar-refractivity contribution is -0.121. The molecule has 0 spiro atoms. The third-order valence-corrected chi connectivity index (χ3v) is 5.22.